The van der Waals surface area contributed by atoms with Gasteiger partial charge in [-0.3, -0.25) is 9.59 Å². The molecule has 0 aromatic heterocycles. The van der Waals surface area contributed by atoms with E-state index < -0.39 is 0 Å². The molecule has 1 atom stereocenters. The molecule has 1 aliphatic rings. The van der Waals surface area contributed by atoms with E-state index in [1.165, 1.54) is 7.11 Å². The molecule has 2 amide bonds. The molecular formula is C20H23Cl2N3O3. The summed E-state index contributed by atoms with van der Waals surface area (Å²) in [7, 11) is 1.54. The molecule has 1 unspecified atom stereocenters. The molecule has 0 saturated carbocycles. The number of hydrogen-bond acceptors (Lipinski definition) is 4. The van der Waals surface area contributed by atoms with Crippen molar-refractivity contribution in [1.29, 1.82) is 0 Å². The Morgan fingerprint density at radius 2 is 1.93 bits per heavy atom. The number of nitrogens with two attached hydrogens (primary N) is 1. The number of benzene rings is 2. The van der Waals surface area contributed by atoms with Gasteiger partial charge in [0.05, 0.1) is 18.7 Å². The molecule has 1 heterocycles. The number of nitrogens with zero attached hydrogens (tertiary/aromatic N) is 1. The molecular weight excluding hydrogens is 401 g/mol. The number of carbonyl (C=O) groups is 2. The van der Waals surface area contributed by atoms with E-state index in [4.69, 9.17) is 22.1 Å². The van der Waals surface area contributed by atoms with Crippen LogP contribution in [0.2, 0.25) is 5.02 Å². The van der Waals surface area contributed by atoms with Crippen molar-refractivity contribution < 1.29 is 14.3 Å². The van der Waals surface area contributed by atoms with E-state index in [1.54, 1.807) is 47.4 Å². The van der Waals surface area contributed by atoms with Gasteiger partial charge in [0, 0.05) is 29.4 Å². The number of halogens is 2. The number of amides is 2. The molecule has 1 aliphatic heterocycles. The zero-order valence-corrected chi connectivity index (χ0v) is 17.1. The smallest absolute Gasteiger partial charge is 0.253 e. The summed E-state index contributed by atoms with van der Waals surface area (Å²) in [6.07, 6.45) is 1.52. The third kappa shape index (κ3) is 5.09. The third-order valence-electron chi connectivity index (χ3n) is 4.67. The van der Waals surface area contributed by atoms with Crippen LogP contribution in [0.25, 0.3) is 0 Å². The van der Waals surface area contributed by atoms with E-state index in [2.05, 4.69) is 5.32 Å². The second-order valence-corrected chi connectivity index (χ2v) is 6.98. The van der Waals surface area contributed by atoms with Gasteiger partial charge in [-0.25, -0.2) is 0 Å². The lowest BCUT2D eigenvalue weighted by Gasteiger charge is -2.32. The number of carbonyl (C=O) groups excluding carboxylic acids is 2. The molecule has 0 bridgehead atoms. The summed E-state index contributed by atoms with van der Waals surface area (Å²) in [6, 6.07) is 11.9. The molecule has 8 heteroatoms. The number of hydrogen-bond donors (Lipinski definition) is 2. The number of nitrogens with one attached hydrogen (secondary N) is 1. The minimum Gasteiger partial charge on any atom is -0.495 e. The minimum atomic E-state index is -0.265. The Balaban J connectivity index is 0.00000280. The Morgan fingerprint density at radius 1 is 1.21 bits per heavy atom. The van der Waals surface area contributed by atoms with Crippen LogP contribution in [0.4, 0.5) is 11.4 Å². The van der Waals surface area contributed by atoms with E-state index >= 15 is 0 Å². The minimum absolute atomic E-state index is 0. The molecule has 0 radical (unpaired) electrons. The van der Waals surface area contributed by atoms with Crippen molar-refractivity contribution in [3.8, 4) is 5.75 Å². The number of methoxy groups -OCH3 is 1. The molecule has 6 nitrogen and oxygen atoms in total. The molecule has 3 rings (SSSR count). The molecule has 0 spiro atoms. The normalized spacial score (nSPS) is 16.1. The average Bonchev–Trinajstić information content (AvgIpc) is 2.68. The van der Waals surface area contributed by atoms with Crippen molar-refractivity contribution in [2.45, 2.75) is 12.8 Å². The number of ether oxygens (including phenoxy) is 1. The highest BCUT2D eigenvalue weighted by molar-refractivity contribution is 6.30. The Hall–Kier alpha value is -2.44. The summed E-state index contributed by atoms with van der Waals surface area (Å²) in [4.78, 5) is 27.0. The first-order valence-corrected chi connectivity index (χ1v) is 9.15. The zero-order chi connectivity index (χ0) is 19.4. The Morgan fingerprint density at radius 3 is 2.57 bits per heavy atom. The SMILES string of the molecule is COc1ccc(NC(=O)C2CCCN(C(=O)c3ccc(Cl)cc3)C2)cc1N.Cl. The Bertz CT molecular complexity index is 843. The van der Waals surface area contributed by atoms with Gasteiger partial charge < -0.3 is 20.7 Å². The highest BCUT2D eigenvalue weighted by atomic mass is 35.5. The van der Waals surface area contributed by atoms with Gasteiger partial charge in [0.2, 0.25) is 5.91 Å². The first-order chi connectivity index (χ1) is 13.0. The number of anilines is 2. The number of likely N-dealkylation sites (tertiary alicyclic amines) is 1. The van der Waals surface area contributed by atoms with Crippen LogP contribution in [0, 0.1) is 5.92 Å². The molecule has 150 valence electrons. The van der Waals surface area contributed by atoms with Gasteiger partial charge in [-0.2, -0.15) is 0 Å². The summed E-state index contributed by atoms with van der Waals surface area (Å²) in [5.74, 6) is 0.0924. The third-order valence-corrected chi connectivity index (χ3v) is 4.92. The lowest BCUT2D eigenvalue weighted by molar-refractivity contribution is -0.121. The summed E-state index contributed by atoms with van der Waals surface area (Å²) in [5.41, 5.74) is 7.52. The molecule has 28 heavy (non-hydrogen) atoms. The maximum absolute atomic E-state index is 12.7. The second kappa shape index (κ2) is 9.66. The average molecular weight is 424 g/mol. The summed E-state index contributed by atoms with van der Waals surface area (Å²) < 4.78 is 5.12. The van der Waals surface area contributed by atoms with Crippen LogP contribution in [-0.4, -0.2) is 36.9 Å². The monoisotopic (exact) mass is 423 g/mol. The maximum atomic E-state index is 12.7. The predicted molar refractivity (Wildman–Crippen MR) is 113 cm³/mol. The second-order valence-electron chi connectivity index (χ2n) is 6.54. The molecule has 1 fully saturated rings. The van der Waals surface area contributed by atoms with Gasteiger partial charge in [0.15, 0.2) is 0 Å². The zero-order valence-electron chi connectivity index (χ0n) is 15.5. The largest absolute Gasteiger partial charge is 0.495 e. The highest BCUT2D eigenvalue weighted by Crippen LogP contribution is 2.26. The van der Waals surface area contributed by atoms with Gasteiger partial charge in [-0.05, 0) is 55.3 Å². The Labute approximate surface area is 175 Å². The fourth-order valence-corrected chi connectivity index (χ4v) is 3.33. The van der Waals surface area contributed by atoms with Crippen LogP contribution in [0.3, 0.4) is 0 Å². The van der Waals surface area contributed by atoms with E-state index in [9.17, 15) is 9.59 Å². The van der Waals surface area contributed by atoms with Crippen molar-refractivity contribution in [1.82, 2.24) is 4.90 Å². The molecule has 3 N–H and O–H groups in total. The molecule has 2 aromatic carbocycles. The first kappa shape index (κ1) is 21.9. The van der Waals surface area contributed by atoms with Crippen LogP contribution >= 0.6 is 24.0 Å². The van der Waals surface area contributed by atoms with Crippen molar-refractivity contribution in [3.63, 3.8) is 0 Å². The van der Waals surface area contributed by atoms with E-state index in [-0.39, 0.29) is 30.1 Å². The number of nitrogen functional groups attached to an aromatic ring is 1. The molecule has 2 aromatic rings. The van der Waals surface area contributed by atoms with Gasteiger partial charge in [0.25, 0.3) is 5.91 Å². The highest BCUT2D eigenvalue weighted by Gasteiger charge is 2.29. The summed E-state index contributed by atoms with van der Waals surface area (Å²) in [6.45, 7) is 1.03. The first-order valence-electron chi connectivity index (χ1n) is 8.77. The standard InChI is InChI=1S/C20H22ClN3O3.ClH/c1-27-18-9-8-16(11-17(18)22)23-19(25)14-3-2-10-24(12-14)20(26)13-4-6-15(21)7-5-13;/h4-9,11,14H,2-3,10,12,22H2,1H3,(H,23,25);1H. The fourth-order valence-electron chi connectivity index (χ4n) is 3.21. The lowest BCUT2D eigenvalue weighted by Crippen LogP contribution is -2.43. The van der Waals surface area contributed by atoms with Crippen LogP contribution < -0.4 is 15.8 Å². The van der Waals surface area contributed by atoms with Crippen molar-refractivity contribution in [2.24, 2.45) is 5.92 Å². The van der Waals surface area contributed by atoms with Crippen LogP contribution in [-0.2, 0) is 4.79 Å². The summed E-state index contributed by atoms with van der Waals surface area (Å²) in [5, 5.41) is 3.47. The maximum Gasteiger partial charge on any atom is 0.253 e. The number of piperidine rings is 1. The van der Waals surface area contributed by atoms with Crippen LogP contribution in [0.5, 0.6) is 5.75 Å². The predicted octanol–water partition coefficient (Wildman–Crippen LogP) is 3.84. The van der Waals surface area contributed by atoms with Crippen molar-refractivity contribution in [2.75, 3.05) is 31.2 Å². The topological polar surface area (TPSA) is 84.7 Å². The van der Waals surface area contributed by atoms with Gasteiger partial charge in [-0.15, -0.1) is 12.4 Å². The Kier molecular flexibility index (Phi) is 7.54. The van der Waals surface area contributed by atoms with E-state index in [0.29, 0.717) is 40.8 Å². The van der Waals surface area contributed by atoms with E-state index in [1.807, 2.05) is 0 Å². The molecule has 1 saturated heterocycles. The van der Waals surface area contributed by atoms with Crippen molar-refractivity contribution >= 4 is 47.2 Å². The van der Waals surface area contributed by atoms with Gasteiger partial charge >= 0.3 is 0 Å². The molecule has 0 aliphatic carbocycles. The summed E-state index contributed by atoms with van der Waals surface area (Å²) >= 11 is 5.88. The van der Waals surface area contributed by atoms with Crippen molar-refractivity contribution in [3.05, 3.63) is 53.1 Å². The fraction of sp³-hybridized carbons (Fsp3) is 0.300. The number of rotatable bonds is 4. The van der Waals surface area contributed by atoms with Gasteiger partial charge in [-0.1, -0.05) is 11.6 Å². The van der Waals surface area contributed by atoms with Crippen LogP contribution in [0.1, 0.15) is 23.2 Å². The van der Waals surface area contributed by atoms with E-state index in [0.717, 1.165) is 12.8 Å². The van der Waals surface area contributed by atoms with Crippen LogP contribution in [0.15, 0.2) is 42.5 Å². The lowest BCUT2D eigenvalue weighted by atomic mass is 9.96. The van der Waals surface area contributed by atoms with Gasteiger partial charge in [0.1, 0.15) is 5.75 Å². The quantitative estimate of drug-likeness (QED) is 0.731.